The minimum Gasteiger partial charge on any atom is -0.368 e. The average Bonchev–Trinajstić information content (AvgIpc) is 3.74. The topological polar surface area (TPSA) is 189 Å². The van der Waals surface area contributed by atoms with Crippen LogP contribution in [0.2, 0.25) is 10.0 Å². The van der Waals surface area contributed by atoms with Crippen LogP contribution in [0.5, 0.6) is 0 Å². The molecule has 1 aliphatic rings. The lowest BCUT2D eigenvalue weighted by Gasteiger charge is -2.29. The summed E-state index contributed by atoms with van der Waals surface area (Å²) < 4.78 is 1.45. The van der Waals surface area contributed by atoms with E-state index in [1.165, 1.54) is 20.9 Å². The zero-order valence-electron chi connectivity index (χ0n) is 29.2. The summed E-state index contributed by atoms with van der Waals surface area (Å²) in [5.41, 5.74) is 7.13. The minimum atomic E-state index is -0.979. The van der Waals surface area contributed by atoms with Crippen LogP contribution in [0.1, 0.15) is 68.0 Å². The SMILES string of the molecule is Cc1nc(C(=O)N[C@@H](CCCNC2=NCCCN2)C(=O)N[C@H](CC(=O)N(C)[C@@H](Cc2ccsc2)C(N)=O)CC(C)C)nn1-c1cc(Cl)cc(Cl)c1. The molecule has 17 heteroatoms. The Balaban J connectivity index is 1.49. The minimum absolute atomic E-state index is 0.0606. The van der Waals surface area contributed by atoms with Crippen LogP contribution in [0.15, 0.2) is 40.0 Å². The monoisotopic (exact) mass is 760 g/mol. The highest BCUT2D eigenvalue weighted by atomic mass is 35.5. The van der Waals surface area contributed by atoms with Gasteiger partial charge in [-0.2, -0.15) is 11.3 Å². The molecule has 1 aromatic carbocycles. The molecule has 3 aromatic rings. The van der Waals surface area contributed by atoms with Gasteiger partial charge >= 0.3 is 0 Å². The first-order valence-corrected chi connectivity index (χ1v) is 18.6. The van der Waals surface area contributed by atoms with Crippen molar-refractivity contribution >= 4 is 64.1 Å². The molecule has 1 aliphatic heterocycles. The number of nitrogens with zero attached hydrogens (tertiary/aromatic N) is 5. The zero-order chi connectivity index (χ0) is 37.1. The Morgan fingerprint density at radius 3 is 2.51 bits per heavy atom. The molecule has 0 fully saturated rings. The second-order valence-corrected chi connectivity index (χ2v) is 14.6. The van der Waals surface area contributed by atoms with Crippen LogP contribution in [0.4, 0.5) is 0 Å². The van der Waals surface area contributed by atoms with Crippen LogP contribution >= 0.6 is 34.5 Å². The smallest absolute Gasteiger partial charge is 0.291 e. The molecule has 0 unspecified atom stereocenters. The molecule has 3 heterocycles. The molecule has 0 saturated heterocycles. The third-order valence-electron chi connectivity index (χ3n) is 8.27. The molecule has 0 saturated carbocycles. The van der Waals surface area contributed by atoms with Crippen LogP contribution in [0, 0.1) is 12.8 Å². The number of nitrogens with one attached hydrogen (secondary N) is 4. The van der Waals surface area contributed by atoms with E-state index >= 15 is 0 Å². The molecule has 14 nitrogen and oxygen atoms in total. The highest BCUT2D eigenvalue weighted by Gasteiger charge is 2.30. The van der Waals surface area contributed by atoms with E-state index in [-0.39, 0.29) is 30.5 Å². The first kappa shape index (κ1) is 39.6. The standard InChI is InChI=1S/C34H46Cl2N10O4S/c1-20(2)13-25(18-29(47)45(4)28(30(37)48)14-22-8-12-51-19-22)42-32(49)27(7-5-9-38-34-39-10-6-11-40-34)43-33(50)31-41-21(3)46(44-31)26-16-23(35)15-24(36)17-26/h8,12,15-17,19-20,25,27-28H,5-7,9-11,13-14,18H2,1-4H3,(H2,37,48)(H,42,49)(H,43,50)(H2,38,39,40)/t25-,27-,28-/m0/s1. The second-order valence-electron chi connectivity index (χ2n) is 12.9. The van der Waals surface area contributed by atoms with Crippen LogP contribution in [0.25, 0.3) is 5.69 Å². The molecule has 0 spiro atoms. The van der Waals surface area contributed by atoms with Gasteiger partial charge in [-0.25, -0.2) is 9.67 Å². The van der Waals surface area contributed by atoms with Gasteiger partial charge in [-0.05, 0) is 79.1 Å². The van der Waals surface area contributed by atoms with E-state index in [9.17, 15) is 19.2 Å². The van der Waals surface area contributed by atoms with E-state index < -0.39 is 35.8 Å². The van der Waals surface area contributed by atoms with Crippen molar-refractivity contribution in [1.82, 2.24) is 40.9 Å². The van der Waals surface area contributed by atoms with Crippen LogP contribution in [-0.2, 0) is 20.8 Å². The van der Waals surface area contributed by atoms with Gasteiger partial charge in [0.1, 0.15) is 17.9 Å². The Morgan fingerprint density at radius 2 is 1.88 bits per heavy atom. The number of thiophene rings is 1. The number of rotatable bonds is 17. The lowest BCUT2D eigenvalue weighted by molar-refractivity contribution is -0.138. The zero-order valence-corrected chi connectivity index (χ0v) is 31.6. The molecule has 2 aromatic heterocycles. The van der Waals surface area contributed by atoms with Crippen LogP contribution in [0.3, 0.4) is 0 Å². The number of guanidine groups is 1. The van der Waals surface area contributed by atoms with Gasteiger partial charge in [0.2, 0.25) is 23.5 Å². The molecule has 0 radical (unpaired) electrons. The maximum atomic E-state index is 13.9. The van der Waals surface area contributed by atoms with Crippen molar-refractivity contribution in [2.24, 2.45) is 16.6 Å². The van der Waals surface area contributed by atoms with E-state index in [4.69, 9.17) is 28.9 Å². The summed E-state index contributed by atoms with van der Waals surface area (Å²) >= 11 is 13.9. The number of likely N-dealkylation sites (N-methyl/N-ethyl adjacent to an activating group) is 1. The predicted molar refractivity (Wildman–Crippen MR) is 199 cm³/mol. The molecule has 51 heavy (non-hydrogen) atoms. The molecular weight excluding hydrogens is 715 g/mol. The maximum absolute atomic E-state index is 13.9. The van der Waals surface area contributed by atoms with Crippen molar-refractivity contribution in [2.45, 2.75) is 77.4 Å². The van der Waals surface area contributed by atoms with Gasteiger partial charge in [-0.1, -0.05) is 37.0 Å². The van der Waals surface area contributed by atoms with Gasteiger partial charge in [-0.15, -0.1) is 5.10 Å². The number of hydrogen-bond acceptors (Lipinski definition) is 10. The fourth-order valence-corrected chi connectivity index (χ4v) is 6.90. The Kier molecular flexibility index (Phi) is 14.6. The van der Waals surface area contributed by atoms with Gasteiger partial charge in [-0.3, -0.25) is 24.2 Å². The van der Waals surface area contributed by atoms with Gasteiger partial charge in [0.15, 0.2) is 5.96 Å². The number of aromatic nitrogens is 3. The summed E-state index contributed by atoms with van der Waals surface area (Å²) in [7, 11) is 1.55. The van der Waals surface area contributed by atoms with Crippen LogP contribution < -0.4 is 27.0 Å². The summed E-state index contributed by atoms with van der Waals surface area (Å²) in [4.78, 5) is 63.4. The first-order chi connectivity index (χ1) is 24.3. The van der Waals surface area contributed by atoms with Crippen molar-refractivity contribution in [3.05, 3.63) is 62.3 Å². The fraction of sp³-hybridized carbons (Fsp3) is 0.500. The Bertz CT molecular complexity index is 1680. The van der Waals surface area contributed by atoms with Crippen molar-refractivity contribution in [3.63, 3.8) is 0 Å². The van der Waals surface area contributed by atoms with Gasteiger partial charge < -0.3 is 31.9 Å². The summed E-state index contributed by atoms with van der Waals surface area (Å²) in [6.07, 6.45) is 2.46. The summed E-state index contributed by atoms with van der Waals surface area (Å²) in [6, 6.07) is 4.36. The van der Waals surface area contributed by atoms with E-state index in [1.807, 2.05) is 30.7 Å². The molecule has 276 valence electrons. The Morgan fingerprint density at radius 1 is 1.14 bits per heavy atom. The second kappa shape index (κ2) is 18.9. The van der Waals surface area contributed by atoms with Gasteiger partial charge in [0, 0.05) is 55.6 Å². The Hall–Kier alpha value is -4.21. The van der Waals surface area contributed by atoms with E-state index in [0.29, 0.717) is 53.3 Å². The number of benzene rings is 1. The first-order valence-electron chi connectivity index (χ1n) is 16.9. The number of aryl methyl sites for hydroxylation is 1. The number of carbonyl (C=O) groups excluding carboxylic acids is 4. The van der Waals surface area contributed by atoms with E-state index in [0.717, 1.165) is 25.1 Å². The summed E-state index contributed by atoms with van der Waals surface area (Å²) in [6.45, 7) is 7.72. The number of primary amides is 1. The third-order valence-corrected chi connectivity index (χ3v) is 9.44. The predicted octanol–water partition coefficient (Wildman–Crippen LogP) is 3.24. The van der Waals surface area contributed by atoms with Crippen molar-refractivity contribution in [3.8, 4) is 5.69 Å². The normalized spacial score (nSPS) is 14.5. The van der Waals surface area contributed by atoms with Crippen LogP contribution in [-0.4, -0.2) is 94.1 Å². The maximum Gasteiger partial charge on any atom is 0.291 e. The number of aliphatic imine (C=N–C) groups is 1. The van der Waals surface area contributed by atoms with Crippen molar-refractivity contribution in [1.29, 1.82) is 0 Å². The largest absolute Gasteiger partial charge is 0.368 e. The summed E-state index contributed by atoms with van der Waals surface area (Å²) in [5, 5.41) is 21.2. The summed E-state index contributed by atoms with van der Waals surface area (Å²) in [5.74, 6) is -0.954. The number of halogens is 2. The number of amides is 4. The lowest BCUT2D eigenvalue weighted by Crippen LogP contribution is -2.52. The van der Waals surface area contributed by atoms with E-state index in [2.05, 4.69) is 36.3 Å². The highest BCUT2D eigenvalue weighted by Crippen LogP contribution is 2.22. The Labute approximate surface area is 311 Å². The molecule has 3 atom stereocenters. The third kappa shape index (κ3) is 11.9. The lowest BCUT2D eigenvalue weighted by atomic mass is 9.98. The number of hydrogen-bond donors (Lipinski definition) is 5. The molecule has 4 rings (SSSR count). The quantitative estimate of drug-likeness (QED) is 0.130. The van der Waals surface area contributed by atoms with Crippen molar-refractivity contribution in [2.75, 3.05) is 26.7 Å². The van der Waals surface area contributed by atoms with Crippen molar-refractivity contribution < 1.29 is 19.2 Å². The molecule has 0 bridgehead atoms. The molecule has 0 aliphatic carbocycles. The number of carbonyl (C=O) groups is 4. The van der Waals surface area contributed by atoms with Gasteiger partial charge in [0.25, 0.3) is 5.91 Å². The number of nitrogens with two attached hydrogens (primary N) is 1. The molecule has 4 amide bonds. The van der Waals surface area contributed by atoms with Gasteiger partial charge in [0.05, 0.1) is 5.69 Å². The molecule has 6 N–H and O–H groups in total. The van der Waals surface area contributed by atoms with E-state index in [1.54, 1.807) is 32.2 Å². The molecular formula is C34H46Cl2N10O4S. The average molecular weight is 762 g/mol. The highest BCUT2D eigenvalue weighted by molar-refractivity contribution is 7.07. The fourth-order valence-electron chi connectivity index (χ4n) is 5.70.